The molecule has 0 aliphatic carbocycles. The van der Waals surface area contributed by atoms with Gasteiger partial charge in [-0.25, -0.2) is 0 Å². The lowest BCUT2D eigenvalue weighted by Crippen LogP contribution is -2.23. The van der Waals surface area contributed by atoms with Crippen LogP contribution in [0.25, 0.3) is 0 Å². The van der Waals surface area contributed by atoms with Gasteiger partial charge in [-0.15, -0.1) is 0 Å². The predicted octanol–water partition coefficient (Wildman–Crippen LogP) is 3.30. The number of hydrogen-bond acceptors (Lipinski definition) is 2. The summed E-state index contributed by atoms with van der Waals surface area (Å²) in [6.07, 6.45) is 1.07. The molecule has 0 aliphatic rings. The maximum Gasteiger partial charge on any atom is 0.0647 e. The molecular formula is C17H25N3. The van der Waals surface area contributed by atoms with Crippen molar-refractivity contribution in [2.45, 2.75) is 40.2 Å². The first-order valence-electron chi connectivity index (χ1n) is 7.40. The SMILES string of the molecule is CCNC(c1cccc(CC)c1)c1c(C)nn(C)c1C. The second kappa shape index (κ2) is 6.23. The van der Waals surface area contributed by atoms with Gasteiger partial charge >= 0.3 is 0 Å². The second-order valence-corrected chi connectivity index (χ2v) is 5.30. The molecular weight excluding hydrogens is 246 g/mol. The minimum Gasteiger partial charge on any atom is -0.306 e. The van der Waals surface area contributed by atoms with Gasteiger partial charge in [-0.3, -0.25) is 4.68 Å². The van der Waals surface area contributed by atoms with E-state index < -0.39 is 0 Å². The molecule has 0 saturated heterocycles. The van der Waals surface area contributed by atoms with Crippen LogP contribution in [0.15, 0.2) is 24.3 Å². The van der Waals surface area contributed by atoms with E-state index in [0.29, 0.717) is 0 Å². The van der Waals surface area contributed by atoms with Gasteiger partial charge in [0.05, 0.1) is 11.7 Å². The minimum absolute atomic E-state index is 0.222. The van der Waals surface area contributed by atoms with Crippen LogP contribution < -0.4 is 5.32 Å². The molecule has 0 spiro atoms. The number of aryl methyl sites for hydroxylation is 3. The van der Waals surface area contributed by atoms with Crippen LogP contribution in [0, 0.1) is 13.8 Å². The molecule has 3 heteroatoms. The van der Waals surface area contributed by atoms with Crippen LogP contribution >= 0.6 is 0 Å². The highest BCUT2D eigenvalue weighted by Crippen LogP contribution is 2.28. The van der Waals surface area contributed by atoms with E-state index in [1.807, 2.05) is 11.7 Å². The molecule has 0 saturated carbocycles. The fraction of sp³-hybridized carbons (Fsp3) is 0.471. The topological polar surface area (TPSA) is 29.9 Å². The summed E-state index contributed by atoms with van der Waals surface area (Å²) in [5, 5.41) is 8.17. The van der Waals surface area contributed by atoms with Crippen LogP contribution in [0.2, 0.25) is 0 Å². The van der Waals surface area contributed by atoms with Crippen LogP contribution in [-0.2, 0) is 13.5 Å². The largest absolute Gasteiger partial charge is 0.306 e. The molecule has 1 N–H and O–H groups in total. The molecule has 1 aromatic heterocycles. The normalized spacial score (nSPS) is 12.7. The van der Waals surface area contributed by atoms with Crippen LogP contribution in [-0.4, -0.2) is 16.3 Å². The van der Waals surface area contributed by atoms with Crippen molar-refractivity contribution in [3.05, 3.63) is 52.3 Å². The first-order chi connectivity index (χ1) is 9.58. The van der Waals surface area contributed by atoms with Gasteiger partial charge < -0.3 is 5.32 Å². The molecule has 108 valence electrons. The number of nitrogens with zero attached hydrogens (tertiary/aromatic N) is 2. The Kier molecular flexibility index (Phi) is 4.61. The Morgan fingerprint density at radius 3 is 2.55 bits per heavy atom. The summed E-state index contributed by atoms with van der Waals surface area (Å²) < 4.78 is 1.97. The van der Waals surface area contributed by atoms with Crippen LogP contribution in [0.1, 0.15) is 48.0 Å². The van der Waals surface area contributed by atoms with Crippen LogP contribution in [0.4, 0.5) is 0 Å². The minimum atomic E-state index is 0.222. The molecule has 1 unspecified atom stereocenters. The summed E-state index contributed by atoms with van der Waals surface area (Å²) in [5.41, 5.74) is 6.35. The summed E-state index contributed by atoms with van der Waals surface area (Å²) in [6.45, 7) is 9.52. The van der Waals surface area contributed by atoms with Crippen molar-refractivity contribution in [3.8, 4) is 0 Å². The number of hydrogen-bond donors (Lipinski definition) is 1. The van der Waals surface area contributed by atoms with Gasteiger partial charge in [-0.05, 0) is 37.9 Å². The molecule has 2 rings (SSSR count). The summed E-state index contributed by atoms with van der Waals surface area (Å²) >= 11 is 0. The van der Waals surface area contributed by atoms with Crippen molar-refractivity contribution in [1.82, 2.24) is 15.1 Å². The zero-order chi connectivity index (χ0) is 14.7. The van der Waals surface area contributed by atoms with E-state index in [1.165, 1.54) is 22.4 Å². The van der Waals surface area contributed by atoms with Gasteiger partial charge in [0.2, 0.25) is 0 Å². The molecule has 1 atom stereocenters. The van der Waals surface area contributed by atoms with E-state index in [4.69, 9.17) is 0 Å². The van der Waals surface area contributed by atoms with E-state index >= 15 is 0 Å². The third-order valence-corrected chi connectivity index (χ3v) is 3.95. The zero-order valence-corrected chi connectivity index (χ0v) is 13.2. The van der Waals surface area contributed by atoms with Gasteiger partial charge in [-0.2, -0.15) is 5.10 Å². The smallest absolute Gasteiger partial charge is 0.0647 e. The van der Waals surface area contributed by atoms with Crippen molar-refractivity contribution in [1.29, 1.82) is 0 Å². The van der Waals surface area contributed by atoms with Gasteiger partial charge in [0.15, 0.2) is 0 Å². The molecule has 0 bridgehead atoms. The standard InChI is InChI=1S/C17H25N3/c1-6-14-9-8-10-15(11-14)17(18-7-2)16-12(3)19-20(5)13(16)4/h8-11,17-18H,6-7H2,1-5H3. The molecule has 0 fully saturated rings. The van der Waals surface area contributed by atoms with Crippen molar-refractivity contribution < 1.29 is 0 Å². The lowest BCUT2D eigenvalue weighted by molar-refractivity contribution is 0.622. The Morgan fingerprint density at radius 2 is 2.00 bits per heavy atom. The van der Waals surface area contributed by atoms with Crippen molar-refractivity contribution in [2.24, 2.45) is 7.05 Å². The lowest BCUT2D eigenvalue weighted by Gasteiger charge is -2.20. The van der Waals surface area contributed by atoms with Gasteiger partial charge in [0.25, 0.3) is 0 Å². The zero-order valence-electron chi connectivity index (χ0n) is 13.2. The maximum atomic E-state index is 4.56. The summed E-state index contributed by atoms with van der Waals surface area (Å²) in [6, 6.07) is 9.08. The third kappa shape index (κ3) is 2.78. The molecule has 0 radical (unpaired) electrons. The Bertz CT molecular complexity index is 584. The summed E-state index contributed by atoms with van der Waals surface area (Å²) in [5.74, 6) is 0. The first kappa shape index (κ1) is 14.8. The first-order valence-corrected chi connectivity index (χ1v) is 7.40. The van der Waals surface area contributed by atoms with Gasteiger partial charge in [0.1, 0.15) is 0 Å². The Morgan fingerprint density at radius 1 is 1.25 bits per heavy atom. The van der Waals surface area contributed by atoms with Gasteiger partial charge in [-0.1, -0.05) is 38.1 Å². The second-order valence-electron chi connectivity index (χ2n) is 5.30. The highest BCUT2D eigenvalue weighted by molar-refractivity contribution is 5.38. The fourth-order valence-corrected chi connectivity index (χ4v) is 2.79. The maximum absolute atomic E-state index is 4.56. The Labute approximate surface area is 122 Å². The lowest BCUT2D eigenvalue weighted by atomic mass is 9.95. The average Bonchev–Trinajstić information content (AvgIpc) is 2.70. The molecule has 3 nitrogen and oxygen atoms in total. The fourth-order valence-electron chi connectivity index (χ4n) is 2.79. The molecule has 1 heterocycles. The number of aromatic nitrogens is 2. The van der Waals surface area contributed by atoms with E-state index in [9.17, 15) is 0 Å². The predicted molar refractivity (Wildman–Crippen MR) is 84.0 cm³/mol. The average molecular weight is 271 g/mol. The van der Waals surface area contributed by atoms with E-state index in [2.05, 4.69) is 62.4 Å². The van der Waals surface area contributed by atoms with Crippen LogP contribution in [0.3, 0.4) is 0 Å². The van der Waals surface area contributed by atoms with E-state index in [-0.39, 0.29) is 6.04 Å². The van der Waals surface area contributed by atoms with E-state index in [1.54, 1.807) is 0 Å². The highest BCUT2D eigenvalue weighted by atomic mass is 15.3. The molecule has 0 aliphatic heterocycles. The van der Waals surface area contributed by atoms with Crippen LogP contribution in [0.5, 0.6) is 0 Å². The third-order valence-electron chi connectivity index (χ3n) is 3.95. The Balaban J connectivity index is 2.50. The van der Waals surface area contributed by atoms with Crippen molar-refractivity contribution in [3.63, 3.8) is 0 Å². The number of rotatable bonds is 5. The van der Waals surface area contributed by atoms with E-state index in [0.717, 1.165) is 18.7 Å². The summed E-state index contributed by atoms with van der Waals surface area (Å²) in [7, 11) is 2.01. The molecule has 20 heavy (non-hydrogen) atoms. The quantitative estimate of drug-likeness (QED) is 0.904. The summed E-state index contributed by atoms with van der Waals surface area (Å²) in [4.78, 5) is 0. The highest BCUT2D eigenvalue weighted by Gasteiger charge is 2.21. The number of nitrogens with one attached hydrogen (secondary N) is 1. The van der Waals surface area contributed by atoms with Gasteiger partial charge in [0, 0.05) is 18.3 Å². The molecule has 2 aromatic rings. The molecule has 0 amide bonds. The number of benzene rings is 1. The van der Waals surface area contributed by atoms with Crippen molar-refractivity contribution in [2.75, 3.05) is 6.54 Å². The Hall–Kier alpha value is -1.61. The monoisotopic (exact) mass is 271 g/mol. The van der Waals surface area contributed by atoms with Crippen molar-refractivity contribution >= 4 is 0 Å². The molecule has 1 aromatic carbocycles.